The molecule has 0 aliphatic carbocycles. The van der Waals surface area contributed by atoms with Gasteiger partial charge in [0.2, 0.25) is 0 Å². The van der Waals surface area contributed by atoms with Crippen LogP contribution in [-0.4, -0.2) is 17.8 Å². The van der Waals surface area contributed by atoms with E-state index in [1.54, 1.807) is 12.3 Å². The number of hydrogen-bond donors (Lipinski definition) is 0. The molecule has 0 saturated carbocycles. The zero-order valence-electron chi connectivity index (χ0n) is 8.53. The van der Waals surface area contributed by atoms with Crippen molar-refractivity contribution in [2.75, 3.05) is 6.54 Å². The Morgan fingerprint density at radius 2 is 2.15 bits per heavy atom. The van der Waals surface area contributed by atoms with Gasteiger partial charge < -0.3 is 0 Å². The number of rotatable bonds is 6. The van der Waals surface area contributed by atoms with E-state index in [0.717, 1.165) is 18.5 Å². The molecule has 0 bridgehead atoms. The van der Waals surface area contributed by atoms with E-state index in [0.29, 0.717) is 0 Å². The molecule has 0 atom stereocenters. The highest BCUT2D eigenvalue weighted by molar-refractivity contribution is 5.69. The molecule has 13 heavy (non-hydrogen) atoms. The van der Waals surface area contributed by atoms with Crippen molar-refractivity contribution in [1.82, 2.24) is 5.01 Å². The van der Waals surface area contributed by atoms with Crippen LogP contribution in [0.2, 0.25) is 0 Å². The summed E-state index contributed by atoms with van der Waals surface area (Å²) in [7, 11) is 0. The van der Waals surface area contributed by atoms with Crippen molar-refractivity contribution in [2.24, 2.45) is 5.10 Å². The van der Waals surface area contributed by atoms with Gasteiger partial charge in [0.25, 0.3) is 0 Å². The predicted octanol–water partition coefficient (Wildman–Crippen LogP) is 2.96. The maximum Gasteiger partial charge on any atom is 0.0468 e. The fourth-order valence-electron chi connectivity index (χ4n) is 0.668. The summed E-state index contributed by atoms with van der Waals surface area (Å²) in [5, 5.41) is 5.97. The van der Waals surface area contributed by atoms with Gasteiger partial charge in [-0.1, -0.05) is 25.7 Å². The van der Waals surface area contributed by atoms with E-state index in [4.69, 9.17) is 0 Å². The maximum absolute atomic E-state index is 4.13. The lowest BCUT2D eigenvalue weighted by Crippen LogP contribution is -2.08. The third-order valence-electron chi connectivity index (χ3n) is 1.58. The highest BCUT2D eigenvalue weighted by Gasteiger charge is 1.88. The molecule has 0 saturated heterocycles. The first-order valence-electron chi connectivity index (χ1n) is 4.52. The van der Waals surface area contributed by atoms with Gasteiger partial charge in [0.1, 0.15) is 0 Å². The Balaban J connectivity index is 4.11. The average molecular weight is 178 g/mol. The van der Waals surface area contributed by atoms with E-state index in [-0.39, 0.29) is 0 Å². The molecule has 0 aliphatic heterocycles. The minimum atomic E-state index is 0.845. The van der Waals surface area contributed by atoms with Crippen molar-refractivity contribution < 1.29 is 0 Å². The molecule has 0 aromatic heterocycles. The standard InChI is InChI=1S/C11H18N2/c1-5-9-12-13(7-3)10-8-11(4)6-2/h5,8-10H,1,4,6-7H2,2-3H3/b10-8-,12-9-. The average Bonchev–Trinajstić information content (AvgIpc) is 2.17. The lowest BCUT2D eigenvalue weighted by Gasteiger charge is -2.09. The minimum Gasteiger partial charge on any atom is -0.273 e. The van der Waals surface area contributed by atoms with Gasteiger partial charge in [0.15, 0.2) is 0 Å². The van der Waals surface area contributed by atoms with Gasteiger partial charge in [-0.25, -0.2) is 0 Å². The molecular weight excluding hydrogens is 160 g/mol. The van der Waals surface area contributed by atoms with Crippen molar-refractivity contribution in [3.05, 3.63) is 37.1 Å². The molecule has 2 heteroatoms. The maximum atomic E-state index is 4.13. The number of hydrazone groups is 1. The second kappa shape index (κ2) is 7.35. The highest BCUT2D eigenvalue weighted by Crippen LogP contribution is 2.00. The molecule has 0 spiro atoms. The van der Waals surface area contributed by atoms with Crippen molar-refractivity contribution >= 4 is 6.21 Å². The van der Waals surface area contributed by atoms with Crippen LogP contribution in [0.1, 0.15) is 20.3 Å². The van der Waals surface area contributed by atoms with E-state index in [1.165, 1.54) is 0 Å². The van der Waals surface area contributed by atoms with Crippen LogP contribution < -0.4 is 0 Å². The normalized spacial score (nSPS) is 10.9. The van der Waals surface area contributed by atoms with Crippen molar-refractivity contribution in [3.8, 4) is 0 Å². The van der Waals surface area contributed by atoms with Crippen molar-refractivity contribution in [2.45, 2.75) is 20.3 Å². The molecular formula is C11H18N2. The molecule has 0 rings (SSSR count). The summed E-state index contributed by atoms with van der Waals surface area (Å²) >= 11 is 0. The van der Waals surface area contributed by atoms with E-state index >= 15 is 0 Å². The topological polar surface area (TPSA) is 15.6 Å². The molecule has 0 aromatic rings. The molecule has 0 aliphatic rings. The summed E-state index contributed by atoms with van der Waals surface area (Å²) in [6, 6.07) is 0. The summed E-state index contributed by atoms with van der Waals surface area (Å²) in [6.07, 6.45) is 8.20. The van der Waals surface area contributed by atoms with E-state index in [2.05, 4.69) is 25.2 Å². The van der Waals surface area contributed by atoms with Gasteiger partial charge in [-0.05, 0) is 25.5 Å². The van der Waals surface area contributed by atoms with Gasteiger partial charge in [-0.2, -0.15) is 5.10 Å². The third-order valence-corrected chi connectivity index (χ3v) is 1.58. The fourth-order valence-corrected chi connectivity index (χ4v) is 0.668. The Kier molecular flexibility index (Phi) is 6.60. The molecule has 0 radical (unpaired) electrons. The Bertz CT molecular complexity index is 214. The van der Waals surface area contributed by atoms with Crippen LogP contribution >= 0.6 is 0 Å². The van der Waals surface area contributed by atoms with Crippen LogP contribution in [0.5, 0.6) is 0 Å². The third kappa shape index (κ3) is 5.91. The lowest BCUT2D eigenvalue weighted by atomic mass is 10.2. The summed E-state index contributed by atoms with van der Waals surface area (Å²) in [4.78, 5) is 0. The Morgan fingerprint density at radius 3 is 2.62 bits per heavy atom. The molecule has 72 valence electrons. The first-order chi connectivity index (χ1) is 6.24. The largest absolute Gasteiger partial charge is 0.273 e. The molecule has 0 fully saturated rings. The zero-order chi connectivity index (χ0) is 10.1. The smallest absolute Gasteiger partial charge is 0.0468 e. The molecule has 0 heterocycles. The SMILES string of the molecule is C=C/C=N\N(/C=C\C(=C)CC)CC. The van der Waals surface area contributed by atoms with Crippen LogP contribution in [0.15, 0.2) is 42.2 Å². The minimum absolute atomic E-state index is 0.845. The highest BCUT2D eigenvalue weighted by atomic mass is 15.4. The molecule has 0 aromatic carbocycles. The fraction of sp³-hybridized carbons (Fsp3) is 0.364. The van der Waals surface area contributed by atoms with Gasteiger partial charge in [0, 0.05) is 19.0 Å². The van der Waals surface area contributed by atoms with Gasteiger partial charge in [-0.3, -0.25) is 5.01 Å². The first-order valence-corrected chi connectivity index (χ1v) is 4.52. The molecule has 0 N–H and O–H groups in total. The zero-order valence-corrected chi connectivity index (χ0v) is 8.53. The summed E-state index contributed by atoms with van der Waals surface area (Å²) in [5.74, 6) is 0. The molecule has 2 nitrogen and oxygen atoms in total. The first kappa shape index (κ1) is 11.7. The van der Waals surface area contributed by atoms with E-state index in [1.807, 2.05) is 24.2 Å². The van der Waals surface area contributed by atoms with Gasteiger partial charge in [-0.15, -0.1) is 0 Å². The van der Waals surface area contributed by atoms with E-state index < -0.39 is 0 Å². The lowest BCUT2D eigenvalue weighted by molar-refractivity contribution is 0.424. The Morgan fingerprint density at radius 1 is 1.46 bits per heavy atom. The van der Waals surface area contributed by atoms with Crippen molar-refractivity contribution in [1.29, 1.82) is 0 Å². The molecule has 0 unspecified atom stereocenters. The van der Waals surface area contributed by atoms with Gasteiger partial charge >= 0.3 is 0 Å². The van der Waals surface area contributed by atoms with Crippen LogP contribution in [-0.2, 0) is 0 Å². The number of hydrogen-bond acceptors (Lipinski definition) is 2. The second-order valence-corrected chi connectivity index (χ2v) is 2.58. The van der Waals surface area contributed by atoms with Crippen LogP contribution in [0.25, 0.3) is 0 Å². The van der Waals surface area contributed by atoms with Crippen LogP contribution in [0.4, 0.5) is 0 Å². The van der Waals surface area contributed by atoms with Crippen LogP contribution in [0.3, 0.4) is 0 Å². The van der Waals surface area contributed by atoms with Gasteiger partial charge in [0.05, 0.1) is 0 Å². The Labute approximate surface area is 80.9 Å². The number of nitrogens with zero attached hydrogens (tertiary/aromatic N) is 2. The molecule has 0 amide bonds. The summed E-state index contributed by atoms with van der Waals surface area (Å²) < 4.78 is 0. The van der Waals surface area contributed by atoms with Crippen LogP contribution in [0, 0.1) is 0 Å². The quantitative estimate of drug-likeness (QED) is 0.347. The number of allylic oxidation sites excluding steroid dienone is 3. The predicted molar refractivity (Wildman–Crippen MR) is 59.6 cm³/mol. The Hall–Kier alpha value is -1.31. The second-order valence-electron chi connectivity index (χ2n) is 2.58. The monoisotopic (exact) mass is 178 g/mol. The summed E-state index contributed by atoms with van der Waals surface area (Å²) in [6.45, 7) is 12.4. The summed E-state index contributed by atoms with van der Waals surface area (Å²) in [5.41, 5.74) is 1.10. The van der Waals surface area contributed by atoms with Crippen molar-refractivity contribution in [3.63, 3.8) is 0 Å². The van der Waals surface area contributed by atoms with E-state index in [9.17, 15) is 0 Å².